The molecule has 2 aromatic carbocycles. The molecule has 0 amide bonds. The van der Waals surface area contributed by atoms with Gasteiger partial charge in [-0.25, -0.2) is 0 Å². The van der Waals surface area contributed by atoms with Crippen LogP contribution in [0.3, 0.4) is 0 Å². The Hall–Kier alpha value is -3.15. The third-order valence-electron chi connectivity index (χ3n) is 5.03. The van der Waals surface area contributed by atoms with Crippen LogP contribution in [0.25, 0.3) is 6.08 Å². The van der Waals surface area contributed by atoms with Crippen molar-refractivity contribution in [1.29, 1.82) is 0 Å². The molecule has 0 saturated carbocycles. The number of halogens is 1. The normalized spacial score (nSPS) is 16.9. The van der Waals surface area contributed by atoms with E-state index in [1.807, 2.05) is 36.4 Å². The van der Waals surface area contributed by atoms with Crippen molar-refractivity contribution in [3.05, 3.63) is 94.0 Å². The summed E-state index contributed by atoms with van der Waals surface area (Å²) in [5, 5.41) is 0.571. The summed E-state index contributed by atoms with van der Waals surface area (Å²) in [6.07, 6.45) is 5.24. The Balaban J connectivity index is 1.45. The van der Waals surface area contributed by atoms with E-state index in [-0.39, 0.29) is 11.5 Å². The van der Waals surface area contributed by atoms with Crippen molar-refractivity contribution < 1.29 is 14.3 Å². The second-order valence-electron chi connectivity index (χ2n) is 7.00. The van der Waals surface area contributed by atoms with Crippen LogP contribution in [-0.4, -0.2) is 22.4 Å². The molecule has 5 nitrogen and oxygen atoms in total. The van der Waals surface area contributed by atoms with E-state index in [1.165, 1.54) is 0 Å². The van der Waals surface area contributed by atoms with Gasteiger partial charge in [-0.15, -0.1) is 0 Å². The number of carbonyl (C=O) groups excluding carboxylic acids is 1. The highest BCUT2D eigenvalue weighted by molar-refractivity contribution is 6.32. The molecule has 5 rings (SSSR count). The van der Waals surface area contributed by atoms with Crippen LogP contribution >= 0.6 is 11.6 Å². The first-order chi connectivity index (χ1) is 14.2. The first-order valence-corrected chi connectivity index (χ1v) is 9.65. The number of fused-ring (bicyclic) bond motifs is 3. The zero-order valence-corrected chi connectivity index (χ0v) is 16.2. The van der Waals surface area contributed by atoms with E-state index in [1.54, 1.807) is 30.6 Å². The van der Waals surface area contributed by atoms with Crippen LogP contribution < -0.4 is 9.47 Å². The molecule has 0 radical (unpaired) electrons. The average molecular weight is 405 g/mol. The van der Waals surface area contributed by atoms with E-state index in [2.05, 4.69) is 9.88 Å². The highest BCUT2D eigenvalue weighted by Crippen LogP contribution is 2.42. The molecule has 1 aromatic heterocycles. The highest BCUT2D eigenvalue weighted by Gasteiger charge is 2.33. The molecule has 29 heavy (non-hydrogen) atoms. The van der Waals surface area contributed by atoms with Gasteiger partial charge in [-0.05, 0) is 47.5 Å². The van der Waals surface area contributed by atoms with E-state index in [4.69, 9.17) is 21.1 Å². The number of hydrogen-bond acceptors (Lipinski definition) is 5. The largest absolute Gasteiger partial charge is 0.478 e. The Bertz CT molecular complexity index is 1130. The Labute approximate surface area is 173 Å². The molecule has 0 aliphatic carbocycles. The summed E-state index contributed by atoms with van der Waals surface area (Å²) >= 11 is 6.23. The average Bonchev–Trinajstić information content (AvgIpc) is 3.06. The lowest BCUT2D eigenvalue weighted by molar-refractivity contribution is 0.0872. The summed E-state index contributed by atoms with van der Waals surface area (Å²) in [5.41, 5.74) is 3.33. The van der Waals surface area contributed by atoms with E-state index >= 15 is 0 Å². The zero-order chi connectivity index (χ0) is 19.8. The van der Waals surface area contributed by atoms with Gasteiger partial charge in [0.05, 0.1) is 11.1 Å². The molecule has 0 bridgehead atoms. The maximum atomic E-state index is 12.9. The van der Waals surface area contributed by atoms with Gasteiger partial charge in [0.25, 0.3) is 0 Å². The van der Waals surface area contributed by atoms with Crippen LogP contribution in [0.4, 0.5) is 0 Å². The predicted octanol–water partition coefficient (Wildman–Crippen LogP) is 4.70. The lowest BCUT2D eigenvalue weighted by Crippen LogP contribution is -2.31. The quantitative estimate of drug-likeness (QED) is 0.592. The molecule has 0 atom stereocenters. The van der Waals surface area contributed by atoms with Crippen LogP contribution in [0.5, 0.6) is 11.5 Å². The smallest absolute Gasteiger partial charge is 0.231 e. The minimum atomic E-state index is -0.144. The van der Waals surface area contributed by atoms with Gasteiger partial charge in [0.15, 0.2) is 5.76 Å². The molecule has 144 valence electrons. The Morgan fingerprint density at radius 1 is 1.10 bits per heavy atom. The minimum Gasteiger partial charge on any atom is -0.478 e. The van der Waals surface area contributed by atoms with Crippen LogP contribution in [-0.2, 0) is 13.1 Å². The monoisotopic (exact) mass is 404 g/mol. The van der Waals surface area contributed by atoms with Crippen molar-refractivity contribution in [1.82, 2.24) is 9.88 Å². The number of nitrogens with zero attached hydrogens (tertiary/aromatic N) is 2. The molecule has 0 fully saturated rings. The van der Waals surface area contributed by atoms with E-state index in [0.29, 0.717) is 29.6 Å². The molecule has 3 heterocycles. The maximum Gasteiger partial charge on any atom is 0.231 e. The SMILES string of the molecule is O=C1/C(=C/c2ccccc2Cl)Oc2c1ccc1c2CN(Cc2ccncc2)CO1. The first kappa shape index (κ1) is 17.9. The summed E-state index contributed by atoms with van der Waals surface area (Å²) in [4.78, 5) is 19.1. The van der Waals surface area contributed by atoms with Gasteiger partial charge >= 0.3 is 0 Å². The summed E-state index contributed by atoms with van der Waals surface area (Å²) < 4.78 is 11.9. The van der Waals surface area contributed by atoms with Gasteiger partial charge in [-0.3, -0.25) is 14.7 Å². The van der Waals surface area contributed by atoms with E-state index in [9.17, 15) is 4.79 Å². The van der Waals surface area contributed by atoms with Gasteiger partial charge < -0.3 is 9.47 Å². The highest BCUT2D eigenvalue weighted by atomic mass is 35.5. The van der Waals surface area contributed by atoms with Crippen molar-refractivity contribution in [2.75, 3.05) is 6.73 Å². The molecular formula is C23H17ClN2O3. The van der Waals surface area contributed by atoms with Gasteiger partial charge in [-0.2, -0.15) is 0 Å². The van der Waals surface area contributed by atoms with Crippen LogP contribution in [0.2, 0.25) is 5.02 Å². The molecule has 2 aliphatic heterocycles. The second kappa shape index (κ2) is 7.35. The number of Topliss-reactive ketones (excluding diaryl/α,β-unsaturated/α-hetero) is 1. The zero-order valence-electron chi connectivity index (χ0n) is 15.5. The number of allylic oxidation sites excluding steroid dienone is 1. The third-order valence-corrected chi connectivity index (χ3v) is 5.37. The van der Waals surface area contributed by atoms with Crippen molar-refractivity contribution in [3.8, 4) is 11.5 Å². The summed E-state index contributed by atoms with van der Waals surface area (Å²) in [6, 6.07) is 14.9. The number of rotatable bonds is 3. The van der Waals surface area contributed by atoms with E-state index < -0.39 is 0 Å². The number of pyridine rings is 1. The molecule has 2 aliphatic rings. The fourth-order valence-corrected chi connectivity index (χ4v) is 3.78. The van der Waals surface area contributed by atoms with Crippen molar-refractivity contribution >= 4 is 23.5 Å². The first-order valence-electron chi connectivity index (χ1n) is 9.28. The molecule has 0 N–H and O–H groups in total. The van der Waals surface area contributed by atoms with Crippen LogP contribution in [0, 0.1) is 0 Å². The number of ketones is 1. The summed E-state index contributed by atoms with van der Waals surface area (Å²) in [6.45, 7) is 1.83. The molecule has 0 spiro atoms. The number of hydrogen-bond donors (Lipinski definition) is 0. The molecule has 0 saturated heterocycles. The van der Waals surface area contributed by atoms with Crippen LogP contribution in [0.15, 0.2) is 66.7 Å². The number of ether oxygens (including phenoxy) is 2. The lowest BCUT2D eigenvalue weighted by Gasteiger charge is -2.29. The van der Waals surface area contributed by atoms with Gasteiger partial charge in [-0.1, -0.05) is 29.8 Å². The van der Waals surface area contributed by atoms with Crippen molar-refractivity contribution in [2.45, 2.75) is 13.1 Å². The van der Waals surface area contributed by atoms with Crippen molar-refractivity contribution in [2.24, 2.45) is 0 Å². The summed E-state index contributed by atoms with van der Waals surface area (Å²) in [5.74, 6) is 1.45. The minimum absolute atomic E-state index is 0.144. The number of benzene rings is 2. The topological polar surface area (TPSA) is 51.7 Å². The fourth-order valence-electron chi connectivity index (χ4n) is 3.59. The standard InChI is InChI=1S/C23H17ClN2O3/c24-19-4-2-1-3-16(19)11-21-22(27)17-5-6-20-18(23(17)29-21)13-26(14-28-20)12-15-7-9-25-10-8-15/h1-11H,12-14H2/b21-11-. The molecule has 6 heteroatoms. The summed E-state index contributed by atoms with van der Waals surface area (Å²) in [7, 11) is 0. The Kier molecular flexibility index (Phi) is 4.54. The number of carbonyl (C=O) groups is 1. The molecule has 0 unspecified atom stereocenters. The second-order valence-corrected chi connectivity index (χ2v) is 7.40. The van der Waals surface area contributed by atoms with E-state index in [0.717, 1.165) is 29.0 Å². The van der Waals surface area contributed by atoms with Crippen molar-refractivity contribution in [3.63, 3.8) is 0 Å². The van der Waals surface area contributed by atoms with Crippen LogP contribution in [0.1, 0.15) is 27.0 Å². The third kappa shape index (κ3) is 3.39. The molecule has 3 aromatic rings. The Morgan fingerprint density at radius 2 is 1.93 bits per heavy atom. The molecular weight excluding hydrogens is 388 g/mol. The fraction of sp³-hybridized carbons (Fsp3) is 0.130. The number of aromatic nitrogens is 1. The predicted molar refractivity (Wildman–Crippen MR) is 110 cm³/mol. The van der Waals surface area contributed by atoms with Gasteiger partial charge in [0.1, 0.15) is 18.2 Å². The Morgan fingerprint density at radius 3 is 2.76 bits per heavy atom. The van der Waals surface area contributed by atoms with Gasteiger partial charge in [0, 0.05) is 30.5 Å². The lowest BCUT2D eigenvalue weighted by atomic mass is 10.0. The van der Waals surface area contributed by atoms with Gasteiger partial charge in [0.2, 0.25) is 5.78 Å². The maximum absolute atomic E-state index is 12.9.